The summed E-state index contributed by atoms with van der Waals surface area (Å²) < 4.78 is 0. The number of aromatic nitrogens is 2. The molecule has 0 aliphatic rings. The van der Waals surface area contributed by atoms with E-state index in [0.29, 0.717) is 17.5 Å². The molecule has 6 nitrogen and oxygen atoms in total. The lowest BCUT2D eigenvalue weighted by atomic mass is 10.2. The SMILES string of the molecule is CC(C)c1nc(N)cc(NCC(O)CO)n1. The number of anilines is 2. The van der Waals surface area contributed by atoms with E-state index < -0.39 is 6.10 Å². The minimum absolute atomic E-state index is 0.187. The van der Waals surface area contributed by atoms with Gasteiger partial charge in [0.1, 0.15) is 17.5 Å². The first-order valence-electron chi connectivity index (χ1n) is 5.20. The van der Waals surface area contributed by atoms with Crippen molar-refractivity contribution in [3.05, 3.63) is 11.9 Å². The number of nitrogen functional groups attached to an aromatic ring is 1. The van der Waals surface area contributed by atoms with Crippen LogP contribution in [0.3, 0.4) is 0 Å². The van der Waals surface area contributed by atoms with E-state index in [-0.39, 0.29) is 19.1 Å². The van der Waals surface area contributed by atoms with E-state index in [2.05, 4.69) is 15.3 Å². The maximum atomic E-state index is 9.18. The molecule has 0 aromatic carbocycles. The van der Waals surface area contributed by atoms with Crippen molar-refractivity contribution < 1.29 is 10.2 Å². The molecule has 16 heavy (non-hydrogen) atoms. The summed E-state index contributed by atoms with van der Waals surface area (Å²) in [6.07, 6.45) is -0.807. The van der Waals surface area contributed by atoms with Crippen molar-refractivity contribution in [1.29, 1.82) is 0 Å². The van der Waals surface area contributed by atoms with Crippen LogP contribution in [-0.4, -0.2) is 39.4 Å². The number of nitrogens with two attached hydrogens (primary N) is 1. The molecule has 0 bridgehead atoms. The zero-order valence-corrected chi connectivity index (χ0v) is 9.51. The first-order valence-corrected chi connectivity index (χ1v) is 5.20. The maximum absolute atomic E-state index is 9.18. The molecule has 1 atom stereocenters. The molecule has 1 aromatic rings. The van der Waals surface area contributed by atoms with E-state index in [1.54, 1.807) is 6.07 Å². The molecule has 1 rings (SSSR count). The zero-order valence-electron chi connectivity index (χ0n) is 9.51. The van der Waals surface area contributed by atoms with Crippen molar-refractivity contribution >= 4 is 11.6 Å². The lowest BCUT2D eigenvalue weighted by molar-refractivity contribution is 0.105. The number of nitrogens with one attached hydrogen (secondary N) is 1. The molecule has 1 unspecified atom stereocenters. The van der Waals surface area contributed by atoms with Gasteiger partial charge in [0.05, 0.1) is 12.7 Å². The minimum atomic E-state index is -0.807. The Balaban J connectivity index is 2.72. The van der Waals surface area contributed by atoms with E-state index in [1.807, 2.05) is 13.8 Å². The molecule has 0 radical (unpaired) electrons. The van der Waals surface area contributed by atoms with Gasteiger partial charge < -0.3 is 21.3 Å². The van der Waals surface area contributed by atoms with Gasteiger partial charge in [0, 0.05) is 18.5 Å². The van der Waals surface area contributed by atoms with Gasteiger partial charge in [0.2, 0.25) is 0 Å². The lowest BCUT2D eigenvalue weighted by Gasteiger charge is -2.12. The third-order valence-electron chi connectivity index (χ3n) is 2.01. The quantitative estimate of drug-likeness (QED) is 0.561. The van der Waals surface area contributed by atoms with Crippen molar-refractivity contribution in [2.45, 2.75) is 25.9 Å². The summed E-state index contributed by atoms with van der Waals surface area (Å²) >= 11 is 0. The van der Waals surface area contributed by atoms with Crippen LogP contribution in [0.2, 0.25) is 0 Å². The van der Waals surface area contributed by atoms with Gasteiger partial charge in [-0.05, 0) is 0 Å². The van der Waals surface area contributed by atoms with Crippen LogP contribution in [-0.2, 0) is 0 Å². The van der Waals surface area contributed by atoms with Crippen molar-refractivity contribution in [1.82, 2.24) is 9.97 Å². The summed E-state index contributed by atoms with van der Waals surface area (Å²) in [6, 6.07) is 1.59. The number of nitrogens with zero attached hydrogens (tertiary/aromatic N) is 2. The Kier molecular flexibility index (Phi) is 4.45. The summed E-state index contributed by atoms with van der Waals surface area (Å²) in [7, 11) is 0. The normalized spacial score (nSPS) is 12.8. The zero-order chi connectivity index (χ0) is 12.1. The second kappa shape index (κ2) is 5.62. The van der Waals surface area contributed by atoms with Crippen molar-refractivity contribution in [3.8, 4) is 0 Å². The van der Waals surface area contributed by atoms with Gasteiger partial charge in [-0.2, -0.15) is 0 Å². The van der Waals surface area contributed by atoms with Crippen molar-refractivity contribution in [2.75, 3.05) is 24.2 Å². The van der Waals surface area contributed by atoms with Gasteiger partial charge in [0.25, 0.3) is 0 Å². The van der Waals surface area contributed by atoms with Gasteiger partial charge in [0.15, 0.2) is 0 Å². The Morgan fingerprint density at radius 1 is 1.44 bits per heavy atom. The number of hydrogen-bond acceptors (Lipinski definition) is 6. The molecule has 0 spiro atoms. The highest BCUT2D eigenvalue weighted by atomic mass is 16.3. The molecule has 6 heteroatoms. The summed E-state index contributed by atoms with van der Waals surface area (Å²) in [4.78, 5) is 8.34. The van der Waals surface area contributed by atoms with E-state index in [0.717, 1.165) is 0 Å². The van der Waals surface area contributed by atoms with Crippen LogP contribution < -0.4 is 11.1 Å². The van der Waals surface area contributed by atoms with Gasteiger partial charge in [-0.3, -0.25) is 0 Å². The largest absolute Gasteiger partial charge is 0.394 e. The van der Waals surface area contributed by atoms with Crippen molar-refractivity contribution in [2.24, 2.45) is 0 Å². The minimum Gasteiger partial charge on any atom is -0.394 e. The number of aliphatic hydroxyl groups is 2. The third kappa shape index (κ3) is 3.63. The number of aliphatic hydroxyl groups excluding tert-OH is 2. The van der Waals surface area contributed by atoms with E-state index in [9.17, 15) is 5.11 Å². The number of hydrogen-bond donors (Lipinski definition) is 4. The van der Waals surface area contributed by atoms with Gasteiger partial charge in [-0.25, -0.2) is 9.97 Å². The Hall–Kier alpha value is -1.40. The van der Waals surface area contributed by atoms with Gasteiger partial charge in [-0.1, -0.05) is 13.8 Å². The fraction of sp³-hybridized carbons (Fsp3) is 0.600. The van der Waals surface area contributed by atoms with Crippen LogP contribution in [0.15, 0.2) is 6.07 Å². The van der Waals surface area contributed by atoms with Crippen LogP contribution in [0, 0.1) is 0 Å². The standard InChI is InChI=1S/C10H18N4O2/c1-6(2)10-13-8(11)3-9(14-10)12-4-7(16)5-15/h3,6-7,15-16H,4-5H2,1-2H3,(H3,11,12,13,14). The van der Waals surface area contributed by atoms with Gasteiger partial charge in [-0.15, -0.1) is 0 Å². The molecule has 0 amide bonds. The van der Waals surface area contributed by atoms with Crippen molar-refractivity contribution in [3.63, 3.8) is 0 Å². The van der Waals surface area contributed by atoms with Gasteiger partial charge >= 0.3 is 0 Å². The molecule has 1 heterocycles. The fourth-order valence-electron chi connectivity index (χ4n) is 1.12. The first-order chi connectivity index (χ1) is 7.52. The molecule has 0 aliphatic carbocycles. The van der Waals surface area contributed by atoms with Crippen LogP contribution in [0.4, 0.5) is 11.6 Å². The molecule has 0 aliphatic heterocycles. The average Bonchev–Trinajstić information content (AvgIpc) is 2.25. The van der Waals surface area contributed by atoms with Crippen LogP contribution >= 0.6 is 0 Å². The molecule has 1 aromatic heterocycles. The van der Waals surface area contributed by atoms with E-state index in [1.165, 1.54) is 0 Å². The molecule has 0 saturated carbocycles. The second-order valence-corrected chi connectivity index (χ2v) is 3.91. The molecule has 0 saturated heterocycles. The molecule has 0 fully saturated rings. The third-order valence-corrected chi connectivity index (χ3v) is 2.01. The number of rotatable bonds is 5. The average molecular weight is 226 g/mol. The summed E-state index contributed by atoms with van der Waals surface area (Å²) in [5, 5.41) is 20.7. The summed E-state index contributed by atoms with van der Waals surface area (Å²) in [5.41, 5.74) is 5.63. The van der Waals surface area contributed by atoms with Crippen LogP contribution in [0.1, 0.15) is 25.6 Å². The predicted molar refractivity (Wildman–Crippen MR) is 62.1 cm³/mol. The predicted octanol–water partition coefficient (Wildman–Crippen LogP) is -0.0527. The smallest absolute Gasteiger partial charge is 0.135 e. The highest BCUT2D eigenvalue weighted by molar-refractivity contribution is 5.44. The van der Waals surface area contributed by atoms with Crippen LogP contribution in [0.5, 0.6) is 0 Å². The first kappa shape index (κ1) is 12.7. The molecule has 90 valence electrons. The van der Waals surface area contributed by atoms with E-state index >= 15 is 0 Å². The summed E-state index contributed by atoms with van der Waals surface area (Å²) in [5.74, 6) is 1.79. The monoisotopic (exact) mass is 226 g/mol. The maximum Gasteiger partial charge on any atom is 0.135 e. The molecular formula is C10H18N4O2. The highest BCUT2D eigenvalue weighted by Gasteiger charge is 2.07. The Bertz CT molecular complexity index is 344. The Labute approximate surface area is 94.5 Å². The fourth-order valence-corrected chi connectivity index (χ4v) is 1.12. The highest BCUT2D eigenvalue weighted by Crippen LogP contribution is 2.14. The molecule has 5 N–H and O–H groups in total. The Morgan fingerprint density at radius 3 is 2.69 bits per heavy atom. The molecular weight excluding hydrogens is 208 g/mol. The lowest BCUT2D eigenvalue weighted by Crippen LogP contribution is -2.23. The summed E-state index contributed by atoms with van der Waals surface area (Å²) in [6.45, 7) is 3.89. The Morgan fingerprint density at radius 2 is 2.12 bits per heavy atom. The second-order valence-electron chi connectivity index (χ2n) is 3.91. The topological polar surface area (TPSA) is 104 Å². The van der Waals surface area contributed by atoms with Crippen LogP contribution in [0.25, 0.3) is 0 Å². The van der Waals surface area contributed by atoms with E-state index in [4.69, 9.17) is 10.8 Å².